The van der Waals surface area contributed by atoms with Gasteiger partial charge in [-0.2, -0.15) is 0 Å². The Morgan fingerprint density at radius 3 is 2.20 bits per heavy atom. The van der Waals surface area contributed by atoms with Crippen LogP contribution in [0.4, 0.5) is 11.4 Å². The summed E-state index contributed by atoms with van der Waals surface area (Å²) in [5.74, 6) is -0.275. The monoisotopic (exact) mass is 551 g/mol. The standard InChI is InChI=1S/C31H25N3O7/c35-28(19-5-7-20(8-6-19)33-29(36)27-4-2-16-40-27)32-21-9-11-22(12-10-21)41-23-13-14-25-26(17-23)31(38)34(30(25)37)18-24-3-1-15-39-24/h2,4-14,16-17,24H,1,3,15,18H2,(H,32,35)(H,33,36). The van der Waals surface area contributed by atoms with E-state index in [0.29, 0.717) is 46.2 Å². The molecule has 206 valence electrons. The quantitative estimate of drug-likeness (QED) is 0.283. The molecule has 10 nitrogen and oxygen atoms in total. The Kier molecular flexibility index (Phi) is 7.05. The molecule has 2 aliphatic rings. The summed E-state index contributed by atoms with van der Waals surface area (Å²) in [6.45, 7) is 0.901. The zero-order chi connectivity index (χ0) is 28.3. The molecule has 0 bridgehead atoms. The van der Waals surface area contributed by atoms with E-state index < -0.39 is 0 Å². The van der Waals surface area contributed by atoms with E-state index in [1.54, 1.807) is 78.9 Å². The van der Waals surface area contributed by atoms with E-state index >= 15 is 0 Å². The van der Waals surface area contributed by atoms with Crippen molar-refractivity contribution in [1.82, 2.24) is 4.90 Å². The van der Waals surface area contributed by atoms with Gasteiger partial charge in [0.15, 0.2) is 5.76 Å². The first-order valence-corrected chi connectivity index (χ1v) is 13.1. The number of benzene rings is 3. The molecule has 0 saturated carbocycles. The van der Waals surface area contributed by atoms with Gasteiger partial charge < -0.3 is 24.5 Å². The summed E-state index contributed by atoms with van der Waals surface area (Å²) >= 11 is 0. The van der Waals surface area contributed by atoms with E-state index in [0.717, 1.165) is 12.8 Å². The van der Waals surface area contributed by atoms with Gasteiger partial charge >= 0.3 is 0 Å². The molecule has 2 aliphatic heterocycles. The summed E-state index contributed by atoms with van der Waals surface area (Å²) < 4.78 is 16.6. The van der Waals surface area contributed by atoms with Crippen molar-refractivity contribution < 1.29 is 33.1 Å². The molecule has 1 saturated heterocycles. The molecule has 41 heavy (non-hydrogen) atoms. The smallest absolute Gasteiger partial charge is 0.291 e. The molecule has 3 aromatic carbocycles. The van der Waals surface area contributed by atoms with Gasteiger partial charge in [0.2, 0.25) is 0 Å². The molecule has 1 fully saturated rings. The highest BCUT2D eigenvalue weighted by molar-refractivity contribution is 6.21. The number of furan rings is 1. The minimum Gasteiger partial charge on any atom is -0.459 e. The van der Waals surface area contributed by atoms with Crippen LogP contribution in [-0.4, -0.2) is 47.8 Å². The van der Waals surface area contributed by atoms with Crippen molar-refractivity contribution in [3.63, 3.8) is 0 Å². The molecule has 0 aliphatic carbocycles. The van der Waals surface area contributed by atoms with Crippen molar-refractivity contribution in [2.24, 2.45) is 0 Å². The number of rotatable bonds is 8. The maximum atomic E-state index is 12.9. The van der Waals surface area contributed by atoms with Crippen LogP contribution in [0.2, 0.25) is 0 Å². The average Bonchev–Trinajstić information content (AvgIpc) is 3.75. The molecule has 3 heterocycles. The molecule has 1 aromatic heterocycles. The minimum atomic E-state index is -0.383. The highest BCUT2D eigenvalue weighted by atomic mass is 16.5. The van der Waals surface area contributed by atoms with Gasteiger partial charge in [-0.15, -0.1) is 0 Å². The number of anilines is 2. The van der Waals surface area contributed by atoms with E-state index in [-0.39, 0.29) is 42.0 Å². The number of hydrogen-bond acceptors (Lipinski definition) is 7. The molecule has 2 N–H and O–H groups in total. The van der Waals surface area contributed by atoms with E-state index in [2.05, 4.69) is 10.6 Å². The first-order chi connectivity index (χ1) is 19.9. The summed E-state index contributed by atoms with van der Waals surface area (Å²) in [4.78, 5) is 51.7. The fourth-order valence-corrected chi connectivity index (χ4v) is 4.74. The summed E-state index contributed by atoms with van der Waals surface area (Å²) in [6.07, 6.45) is 3.06. The maximum Gasteiger partial charge on any atom is 0.291 e. The summed E-state index contributed by atoms with van der Waals surface area (Å²) in [5.41, 5.74) is 2.15. The number of fused-ring (bicyclic) bond motifs is 1. The molecular formula is C31H25N3O7. The Morgan fingerprint density at radius 2 is 1.51 bits per heavy atom. The number of nitrogens with one attached hydrogen (secondary N) is 2. The van der Waals surface area contributed by atoms with Gasteiger partial charge in [-0.1, -0.05) is 0 Å². The average molecular weight is 552 g/mol. The van der Waals surface area contributed by atoms with Gasteiger partial charge in [0.05, 0.1) is 30.0 Å². The fourth-order valence-electron chi connectivity index (χ4n) is 4.74. The van der Waals surface area contributed by atoms with Gasteiger partial charge in [-0.3, -0.25) is 24.1 Å². The number of hydrogen-bond donors (Lipinski definition) is 2. The molecule has 0 spiro atoms. The van der Waals surface area contributed by atoms with Gasteiger partial charge in [-0.25, -0.2) is 0 Å². The van der Waals surface area contributed by atoms with Crippen LogP contribution in [0.25, 0.3) is 0 Å². The van der Waals surface area contributed by atoms with Crippen LogP contribution >= 0.6 is 0 Å². The Bertz CT molecular complexity index is 1610. The minimum absolute atomic E-state index is 0.119. The van der Waals surface area contributed by atoms with E-state index in [4.69, 9.17) is 13.9 Å². The van der Waals surface area contributed by atoms with E-state index in [1.807, 2.05) is 0 Å². The highest BCUT2D eigenvalue weighted by Crippen LogP contribution is 2.31. The Hall–Kier alpha value is -5.22. The van der Waals surface area contributed by atoms with Crippen LogP contribution in [0.3, 0.4) is 0 Å². The van der Waals surface area contributed by atoms with Crippen molar-refractivity contribution in [3.8, 4) is 11.5 Å². The molecule has 0 radical (unpaired) electrons. The zero-order valence-corrected chi connectivity index (χ0v) is 21.8. The molecule has 1 unspecified atom stereocenters. The Balaban J connectivity index is 1.05. The molecule has 4 amide bonds. The molecule has 10 heteroatoms. The molecule has 4 aromatic rings. The maximum absolute atomic E-state index is 12.9. The van der Waals surface area contributed by atoms with Crippen LogP contribution < -0.4 is 15.4 Å². The Morgan fingerprint density at radius 1 is 0.829 bits per heavy atom. The second-order valence-corrected chi connectivity index (χ2v) is 9.65. The van der Waals surface area contributed by atoms with Crippen molar-refractivity contribution in [2.75, 3.05) is 23.8 Å². The summed E-state index contributed by atoms with van der Waals surface area (Å²) in [5, 5.41) is 5.52. The topological polar surface area (TPSA) is 127 Å². The van der Waals surface area contributed by atoms with Crippen LogP contribution in [0, 0.1) is 0 Å². The third-order valence-corrected chi connectivity index (χ3v) is 6.85. The lowest BCUT2D eigenvalue weighted by Crippen LogP contribution is -2.36. The Labute approximate surface area is 234 Å². The third kappa shape index (κ3) is 5.59. The fraction of sp³-hybridized carbons (Fsp3) is 0.161. The lowest BCUT2D eigenvalue weighted by Gasteiger charge is -2.17. The number of carbonyl (C=O) groups is 4. The molecule has 1 atom stereocenters. The van der Waals surface area contributed by atoms with Crippen LogP contribution in [-0.2, 0) is 4.74 Å². The van der Waals surface area contributed by atoms with Crippen LogP contribution in [0.15, 0.2) is 89.5 Å². The first-order valence-electron chi connectivity index (χ1n) is 13.1. The number of ether oxygens (including phenoxy) is 2. The van der Waals surface area contributed by atoms with Gasteiger partial charge in [-0.05, 0) is 91.7 Å². The number of carbonyl (C=O) groups excluding carboxylic acids is 4. The normalized spacial score (nSPS) is 16.0. The van der Waals surface area contributed by atoms with Crippen molar-refractivity contribution in [1.29, 1.82) is 0 Å². The van der Waals surface area contributed by atoms with Crippen molar-refractivity contribution >= 4 is 35.0 Å². The largest absolute Gasteiger partial charge is 0.459 e. The highest BCUT2D eigenvalue weighted by Gasteiger charge is 2.37. The lowest BCUT2D eigenvalue weighted by atomic mass is 10.1. The number of imide groups is 1. The third-order valence-electron chi connectivity index (χ3n) is 6.85. The molecule has 6 rings (SSSR count). The van der Waals surface area contributed by atoms with Gasteiger partial charge in [0.25, 0.3) is 23.6 Å². The van der Waals surface area contributed by atoms with E-state index in [1.165, 1.54) is 11.2 Å². The second kappa shape index (κ2) is 11.1. The number of amides is 4. The van der Waals surface area contributed by atoms with E-state index in [9.17, 15) is 19.2 Å². The summed E-state index contributed by atoms with van der Waals surface area (Å²) in [7, 11) is 0. The van der Waals surface area contributed by atoms with Gasteiger partial charge in [0, 0.05) is 23.5 Å². The van der Waals surface area contributed by atoms with Crippen molar-refractivity contribution in [2.45, 2.75) is 18.9 Å². The summed E-state index contributed by atoms with van der Waals surface area (Å²) in [6, 6.07) is 21.2. The molecular weight excluding hydrogens is 526 g/mol. The zero-order valence-electron chi connectivity index (χ0n) is 21.8. The predicted molar refractivity (Wildman–Crippen MR) is 148 cm³/mol. The van der Waals surface area contributed by atoms with Crippen LogP contribution in [0.1, 0.15) is 54.5 Å². The number of nitrogens with zero attached hydrogens (tertiary/aromatic N) is 1. The van der Waals surface area contributed by atoms with Crippen LogP contribution in [0.5, 0.6) is 11.5 Å². The second-order valence-electron chi connectivity index (χ2n) is 9.65. The SMILES string of the molecule is O=C(Nc1ccc(Oc2ccc3c(c2)C(=O)N(CC2CCCO2)C3=O)cc1)c1ccc(NC(=O)c2ccco2)cc1. The van der Waals surface area contributed by atoms with Crippen molar-refractivity contribution in [3.05, 3.63) is 108 Å². The lowest BCUT2D eigenvalue weighted by molar-refractivity contribution is 0.0475. The van der Waals surface area contributed by atoms with Gasteiger partial charge in [0.1, 0.15) is 11.5 Å². The predicted octanol–water partition coefficient (Wildman–Crippen LogP) is 5.35. The first kappa shape index (κ1) is 26.0.